The van der Waals surface area contributed by atoms with Gasteiger partial charge in [-0.05, 0) is 24.3 Å². The summed E-state index contributed by atoms with van der Waals surface area (Å²) in [6, 6.07) is 7.09. The first-order valence-corrected chi connectivity index (χ1v) is 6.27. The van der Waals surface area contributed by atoms with Crippen LogP contribution in [0.5, 0.6) is 0 Å². The van der Waals surface area contributed by atoms with E-state index in [0.717, 1.165) is 11.9 Å². The number of hydrogen-bond donors (Lipinski definition) is 2. The van der Waals surface area contributed by atoms with Crippen LogP contribution in [0.4, 0.5) is 11.4 Å². The number of aliphatic hydroxyl groups is 1. The van der Waals surface area contributed by atoms with Gasteiger partial charge in [-0.15, -0.1) is 0 Å². The number of anilines is 1. The van der Waals surface area contributed by atoms with E-state index in [-0.39, 0.29) is 12.2 Å². The standard InChI is InChI=1S/C12H13ClN4O3/c13-9-1-3-10(4-2-9)14-6-12(18)8-16-7-11(5-15-16)17(19)20/h1-5,7,12,14,18H,6,8H2. The average Bonchev–Trinajstić information content (AvgIpc) is 2.87. The summed E-state index contributed by atoms with van der Waals surface area (Å²) in [6.07, 6.45) is 1.72. The molecule has 0 aliphatic carbocycles. The molecular weight excluding hydrogens is 284 g/mol. The number of nitrogens with zero attached hydrogens (tertiary/aromatic N) is 3. The zero-order valence-corrected chi connectivity index (χ0v) is 11.2. The quantitative estimate of drug-likeness (QED) is 0.627. The smallest absolute Gasteiger partial charge is 0.306 e. The molecule has 0 spiro atoms. The Bertz CT molecular complexity index is 585. The number of hydrogen-bond acceptors (Lipinski definition) is 5. The third kappa shape index (κ3) is 3.94. The zero-order chi connectivity index (χ0) is 14.5. The fourth-order valence-corrected chi connectivity index (χ4v) is 1.76. The van der Waals surface area contributed by atoms with Crippen molar-refractivity contribution in [2.45, 2.75) is 12.6 Å². The summed E-state index contributed by atoms with van der Waals surface area (Å²) in [4.78, 5) is 9.98. The van der Waals surface area contributed by atoms with E-state index in [9.17, 15) is 15.2 Å². The highest BCUT2D eigenvalue weighted by Gasteiger charge is 2.11. The molecule has 1 aromatic heterocycles. The van der Waals surface area contributed by atoms with Crippen molar-refractivity contribution in [3.8, 4) is 0 Å². The lowest BCUT2D eigenvalue weighted by Gasteiger charge is -2.12. The number of nitro groups is 1. The molecule has 1 heterocycles. The lowest BCUT2D eigenvalue weighted by molar-refractivity contribution is -0.385. The largest absolute Gasteiger partial charge is 0.389 e. The molecule has 8 heteroatoms. The Balaban J connectivity index is 1.84. The van der Waals surface area contributed by atoms with Crippen LogP contribution in [-0.2, 0) is 6.54 Å². The molecule has 2 aromatic rings. The summed E-state index contributed by atoms with van der Waals surface area (Å²) >= 11 is 5.77. The molecule has 1 unspecified atom stereocenters. The van der Waals surface area contributed by atoms with Crippen LogP contribution in [0, 0.1) is 10.1 Å². The highest BCUT2D eigenvalue weighted by Crippen LogP contribution is 2.13. The third-order valence-corrected chi connectivity index (χ3v) is 2.87. The van der Waals surface area contributed by atoms with E-state index in [4.69, 9.17) is 11.6 Å². The van der Waals surface area contributed by atoms with Crippen molar-refractivity contribution < 1.29 is 10.0 Å². The average molecular weight is 297 g/mol. The summed E-state index contributed by atoms with van der Waals surface area (Å²) in [5.41, 5.74) is 0.739. The van der Waals surface area contributed by atoms with Crippen molar-refractivity contribution in [2.75, 3.05) is 11.9 Å². The molecule has 0 aliphatic rings. The van der Waals surface area contributed by atoms with E-state index in [1.165, 1.54) is 10.9 Å². The van der Waals surface area contributed by atoms with Crippen LogP contribution in [0.2, 0.25) is 5.02 Å². The minimum Gasteiger partial charge on any atom is -0.389 e. The highest BCUT2D eigenvalue weighted by atomic mass is 35.5. The van der Waals surface area contributed by atoms with Crippen molar-refractivity contribution in [2.24, 2.45) is 0 Å². The first-order chi connectivity index (χ1) is 9.54. The summed E-state index contributed by atoms with van der Waals surface area (Å²) in [5.74, 6) is 0. The van der Waals surface area contributed by atoms with Gasteiger partial charge >= 0.3 is 5.69 Å². The molecule has 0 saturated carbocycles. The van der Waals surface area contributed by atoms with Crippen LogP contribution < -0.4 is 5.32 Å². The molecule has 7 nitrogen and oxygen atoms in total. The van der Waals surface area contributed by atoms with E-state index in [2.05, 4.69) is 10.4 Å². The van der Waals surface area contributed by atoms with Gasteiger partial charge in [-0.25, -0.2) is 0 Å². The molecule has 2 N–H and O–H groups in total. The normalized spacial score (nSPS) is 12.1. The molecule has 0 bridgehead atoms. The fourth-order valence-electron chi connectivity index (χ4n) is 1.63. The Kier molecular flexibility index (Phi) is 4.54. The van der Waals surface area contributed by atoms with Gasteiger partial charge in [0.25, 0.3) is 0 Å². The second-order valence-corrected chi connectivity index (χ2v) is 4.66. The predicted octanol–water partition coefficient (Wildman–Crippen LogP) is 1.92. The summed E-state index contributed by atoms with van der Waals surface area (Å²) in [6.45, 7) is 0.476. The number of nitrogens with one attached hydrogen (secondary N) is 1. The van der Waals surface area contributed by atoms with Gasteiger partial charge in [0.1, 0.15) is 12.4 Å². The topological polar surface area (TPSA) is 93.2 Å². The van der Waals surface area contributed by atoms with Gasteiger partial charge < -0.3 is 10.4 Å². The van der Waals surface area contributed by atoms with Gasteiger partial charge in [0.15, 0.2) is 0 Å². The zero-order valence-electron chi connectivity index (χ0n) is 10.4. The molecule has 0 saturated heterocycles. The SMILES string of the molecule is O=[N+]([O-])c1cnn(CC(O)CNc2ccc(Cl)cc2)c1. The Morgan fingerprint density at radius 3 is 2.75 bits per heavy atom. The molecule has 0 aliphatic heterocycles. The van der Waals surface area contributed by atoms with Crippen LogP contribution in [0.25, 0.3) is 0 Å². The van der Waals surface area contributed by atoms with Gasteiger partial charge in [-0.1, -0.05) is 11.6 Å². The maximum atomic E-state index is 10.5. The van der Waals surface area contributed by atoms with Gasteiger partial charge in [-0.3, -0.25) is 14.8 Å². The molecule has 0 radical (unpaired) electrons. The van der Waals surface area contributed by atoms with Crippen LogP contribution in [0.15, 0.2) is 36.7 Å². The summed E-state index contributed by atoms with van der Waals surface area (Å²) < 4.78 is 1.34. The Morgan fingerprint density at radius 2 is 2.15 bits per heavy atom. The van der Waals surface area contributed by atoms with E-state index in [1.807, 2.05) is 0 Å². The maximum Gasteiger partial charge on any atom is 0.306 e. The molecular formula is C12H13ClN4O3. The van der Waals surface area contributed by atoms with Crippen molar-refractivity contribution in [1.82, 2.24) is 9.78 Å². The van der Waals surface area contributed by atoms with Crippen molar-refractivity contribution >= 4 is 23.0 Å². The number of halogens is 1. The van der Waals surface area contributed by atoms with Crippen LogP contribution in [0.3, 0.4) is 0 Å². The number of benzene rings is 1. The monoisotopic (exact) mass is 296 g/mol. The van der Waals surface area contributed by atoms with Gasteiger partial charge in [-0.2, -0.15) is 5.10 Å². The second kappa shape index (κ2) is 6.36. The second-order valence-electron chi connectivity index (χ2n) is 4.22. The fraction of sp³-hybridized carbons (Fsp3) is 0.250. The molecule has 2 rings (SSSR count). The molecule has 106 valence electrons. The van der Waals surface area contributed by atoms with Crippen LogP contribution >= 0.6 is 11.6 Å². The van der Waals surface area contributed by atoms with Gasteiger partial charge in [0, 0.05) is 17.3 Å². The van der Waals surface area contributed by atoms with Crippen molar-refractivity contribution in [1.29, 1.82) is 0 Å². The highest BCUT2D eigenvalue weighted by molar-refractivity contribution is 6.30. The van der Waals surface area contributed by atoms with Crippen LogP contribution in [-0.4, -0.2) is 32.5 Å². The molecule has 0 amide bonds. The van der Waals surface area contributed by atoms with E-state index in [0.29, 0.717) is 11.6 Å². The minimum atomic E-state index is -0.717. The summed E-state index contributed by atoms with van der Waals surface area (Å²) in [7, 11) is 0. The lowest BCUT2D eigenvalue weighted by atomic mass is 10.3. The minimum absolute atomic E-state index is 0.0946. The van der Waals surface area contributed by atoms with E-state index in [1.54, 1.807) is 24.3 Å². The maximum absolute atomic E-state index is 10.5. The Labute approximate surface area is 119 Å². The first kappa shape index (κ1) is 14.3. The number of rotatable bonds is 6. The predicted molar refractivity (Wildman–Crippen MR) is 74.8 cm³/mol. The lowest BCUT2D eigenvalue weighted by Crippen LogP contribution is -2.25. The summed E-state index contributed by atoms with van der Waals surface area (Å²) in [5, 5.41) is 27.8. The van der Waals surface area contributed by atoms with Crippen molar-refractivity contribution in [3.63, 3.8) is 0 Å². The van der Waals surface area contributed by atoms with E-state index >= 15 is 0 Å². The molecule has 1 atom stereocenters. The first-order valence-electron chi connectivity index (χ1n) is 5.89. The molecule has 20 heavy (non-hydrogen) atoms. The van der Waals surface area contributed by atoms with Gasteiger partial charge in [0.05, 0.1) is 17.6 Å². The molecule has 0 fully saturated rings. The molecule has 1 aromatic carbocycles. The Morgan fingerprint density at radius 1 is 1.45 bits per heavy atom. The Hall–Kier alpha value is -2.12. The third-order valence-electron chi connectivity index (χ3n) is 2.61. The number of aliphatic hydroxyl groups excluding tert-OH is 1. The van der Waals surface area contributed by atoms with Crippen LogP contribution in [0.1, 0.15) is 0 Å². The number of aromatic nitrogens is 2. The van der Waals surface area contributed by atoms with Gasteiger partial charge in [0.2, 0.25) is 0 Å². The van der Waals surface area contributed by atoms with Crippen molar-refractivity contribution in [3.05, 3.63) is 51.8 Å². The van der Waals surface area contributed by atoms with E-state index < -0.39 is 11.0 Å².